The van der Waals surface area contributed by atoms with E-state index in [-0.39, 0.29) is 22.2 Å². The van der Waals surface area contributed by atoms with E-state index in [1.807, 2.05) is 0 Å². The van der Waals surface area contributed by atoms with Gasteiger partial charge < -0.3 is 10.1 Å². The monoisotopic (exact) mass is 351 g/mol. The van der Waals surface area contributed by atoms with Gasteiger partial charge in [-0.25, -0.2) is 4.79 Å². The molecule has 1 amide bonds. The van der Waals surface area contributed by atoms with Crippen LogP contribution in [0.25, 0.3) is 0 Å². The zero-order chi connectivity index (χ0) is 17.9. The summed E-state index contributed by atoms with van der Waals surface area (Å²) in [7, 11) is 0. The molecule has 1 atom stereocenters. The molecule has 1 aliphatic carbocycles. The highest BCUT2D eigenvalue weighted by atomic mass is 35.5. The van der Waals surface area contributed by atoms with Gasteiger partial charge in [0, 0.05) is 12.1 Å². The van der Waals surface area contributed by atoms with Crippen LogP contribution >= 0.6 is 11.6 Å². The Kier molecular flexibility index (Phi) is 5.04. The summed E-state index contributed by atoms with van der Waals surface area (Å²) >= 11 is 5.82. The number of esters is 1. The van der Waals surface area contributed by atoms with Crippen LogP contribution < -0.4 is 5.32 Å². The predicted molar refractivity (Wildman–Crippen MR) is 83.3 cm³/mol. The van der Waals surface area contributed by atoms with Crippen molar-refractivity contribution in [3.63, 3.8) is 0 Å². The number of nitro groups is 1. The second-order valence-corrected chi connectivity index (χ2v) is 6.04. The van der Waals surface area contributed by atoms with Gasteiger partial charge in [0.2, 0.25) is 0 Å². The molecule has 0 aliphatic heterocycles. The molecule has 0 aromatic heterocycles. The molecule has 0 saturated heterocycles. The van der Waals surface area contributed by atoms with Crippen molar-refractivity contribution in [2.45, 2.75) is 25.3 Å². The summed E-state index contributed by atoms with van der Waals surface area (Å²) in [5.41, 5.74) is -1.52. The maximum atomic E-state index is 12.0. The lowest BCUT2D eigenvalue weighted by molar-refractivity contribution is -0.384. The number of nitriles is 1. The lowest BCUT2D eigenvalue weighted by atomic mass is 9.98. The zero-order valence-corrected chi connectivity index (χ0v) is 13.5. The minimum atomic E-state index is -0.993. The third-order valence-corrected chi connectivity index (χ3v) is 4.07. The van der Waals surface area contributed by atoms with Gasteiger partial charge in [-0.2, -0.15) is 5.26 Å². The fourth-order valence-electron chi connectivity index (χ4n) is 2.20. The average Bonchev–Trinajstić information content (AvgIpc) is 3.38. The summed E-state index contributed by atoms with van der Waals surface area (Å²) in [6.45, 7) is 1.00. The molecule has 0 spiro atoms. The van der Waals surface area contributed by atoms with Gasteiger partial charge in [-0.3, -0.25) is 14.9 Å². The third kappa shape index (κ3) is 4.00. The summed E-state index contributed by atoms with van der Waals surface area (Å²) in [5, 5.41) is 22.4. The van der Waals surface area contributed by atoms with Crippen molar-refractivity contribution in [1.29, 1.82) is 5.26 Å². The molecule has 24 heavy (non-hydrogen) atoms. The first kappa shape index (κ1) is 17.7. The predicted octanol–water partition coefficient (Wildman–Crippen LogP) is 2.21. The van der Waals surface area contributed by atoms with Crippen molar-refractivity contribution in [2.75, 3.05) is 6.61 Å². The van der Waals surface area contributed by atoms with E-state index in [0.29, 0.717) is 0 Å². The number of halogens is 1. The van der Waals surface area contributed by atoms with E-state index in [1.54, 1.807) is 6.92 Å². The lowest BCUT2D eigenvalue weighted by Crippen LogP contribution is -2.48. The molecule has 0 heterocycles. The first-order valence-corrected chi connectivity index (χ1v) is 7.48. The number of rotatable bonds is 6. The Hall–Kier alpha value is -2.66. The van der Waals surface area contributed by atoms with Crippen molar-refractivity contribution in [1.82, 2.24) is 5.32 Å². The van der Waals surface area contributed by atoms with Gasteiger partial charge in [-0.15, -0.1) is 0 Å². The molecule has 8 nitrogen and oxygen atoms in total. The van der Waals surface area contributed by atoms with Crippen molar-refractivity contribution in [2.24, 2.45) is 5.92 Å². The second kappa shape index (κ2) is 6.84. The number of nitrogens with one attached hydrogen (secondary N) is 1. The maximum absolute atomic E-state index is 12.0. The van der Waals surface area contributed by atoms with Crippen molar-refractivity contribution in [3.8, 4) is 6.07 Å². The smallest absolute Gasteiger partial charge is 0.340 e. The van der Waals surface area contributed by atoms with Crippen LogP contribution in [0.3, 0.4) is 0 Å². The number of non-ortho nitro benzene ring substituents is 1. The van der Waals surface area contributed by atoms with E-state index in [9.17, 15) is 19.7 Å². The normalized spacial score (nSPS) is 15.7. The summed E-state index contributed by atoms with van der Waals surface area (Å²) in [6.07, 6.45) is 1.71. The Morgan fingerprint density at radius 2 is 2.21 bits per heavy atom. The van der Waals surface area contributed by atoms with Crippen LogP contribution in [-0.4, -0.2) is 28.9 Å². The van der Waals surface area contributed by atoms with Crippen LogP contribution in [0.1, 0.15) is 30.1 Å². The van der Waals surface area contributed by atoms with Gasteiger partial charge in [-0.05, 0) is 31.7 Å². The first-order valence-electron chi connectivity index (χ1n) is 7.10. The van der Waals surface area contributed by atoms with E-state index >= 15 is 0 Å². The van der Waals surface area contributed by atoms with Gasteiger partial charge >= 0.3 is 5.97 Å². The third-order valence-electron chi connectivity index (χ3n) is 3.74. The molecule has 0 unspecified atom stereocenters. The lowest BCUT2D eigenvalue weighted by Gasteiger charge is -2.22. The number of hydrogen-bond acceptors (Lipinski definition) is 6. The Balaban J connectivity index is 1.98. The molecule has 1 aromatic carbocycles. The molecular formula is C15H14ClN3O5. The van der Waals surface area contributed by atoms with Gasteiger partial charge in [0.1, 0.15) is 5.54 Å². The molecule has 1 aliphatic rings. The van der Waals surface area contributed by atoms with Crippen LogP contribution in [0.15, 0.2) is 18.2 Å². The molecule has 1 saturated carbocycles. The quantitative estimate of drug-likeness (QED) is 0.476. The van der Waals surface area contributed by atoms with Crippen LogP contribution in [-0.2, 0) is 9.53 Å². The minimum absolute atomic E-state index is 0.0224. The number of benzene rings is 1. The zero-order valence-electron chi connectivity index (χ0n) is 12.7. The molecule has 2 rings (SSSR count). The van der Waals surface area contributed by atoms with E-state index in [4.69, 9.17) is 21.6 Å². The highest BCUT2D eigenvalue weighted by molar-refractivity contribution is 6.33. The first-order chi connectivity index (χ1) is 11.3. The maximum Gasteiger partial charge on any atom is 0.340 e. The van der Waals surface area contributed by atoms with Gasteiger partial charge in [0.15, 0.2) is 6.61 Å². The largest absolute Gasteiger partial charge is 0.452 e. The van der Waals surface area contributed by atoms with Crippen molar-refractivity contribution >= 4 is 29.2 Å². The summed E-state index contributed by atoms with van der Waals surface area (Å²) in [4.78, 5) is 33.9. The number of amides is 1. The Morgan fingerprint density at radius 1 is 1.54 bits per heavy atom. The van der Waals surface area contributed by atoms with E-state index in [2.05, 4.69) is 11.4 Å². The molecule has 9 heteroatoms. The number of hydrogen-bond donors (Lipinski definition) is 1. The molecule has 1 fully saturated rings. The molecule has 0 bridgehead atoms. The Morgan fingerprint density at radius 3 is 2.75 bits per heavy atom. The number of ether oxygens (including phenoxy) is 1. The van der Waals surface area contributed by atoms with E-state index in [1.165, 1.54) is 6.07 Å². The van der Waals surface area contributed by atoms with E-state index in [0.717, 1.165) is 25.0 Å². The van der Waals surface area contributed by atoms with E-state index < -0.39 is 28.9 Å². The minimum Gasteiger partial charge on any atom is -0.452 e. The van der Waals surface area contributed by atoms with Gasteiger partial charge in [0.25, 0.3) is 11.6 Å². The van der Waals surface area contributed by atoms with Crippen LogP contribution in [0, 0.1) is 27.4 Å². The highest BCUT2D eigenvalue weighted by Crippen LogP contribution is 2.39. The van der Waals surface area contributed by atoms with Crippen molar-refractivity contribution < 1.29 is 19.2 Å². The Bertz CT molecular complexity index is 741. The fraction of sp³-hybridized carbons (Fsp3) is 0.400. The average molecular weight is 352 g/mol. The SMILES string of the molecule is C[C@](C#N)(NC(=O)COC(=O)c1cc([N+](=O)[O-])ccc1Cl)C1CC1. The van der Waals surface area contributed by atoms with Crippen LogP contribution in [0.2, 0.25) is 5.02 Å². The second-order valence-electron chi connectivity index (χ2n) is 5.63. The molecular weight excluding hydrogens is 338 g/mol. The summed E-state index contributed by atoms with van der Waals surface area (Å²) < 4.78 is 4.83. The van der Waals surface area contributed by atoms with Crippen LogP contribution in [0.5, 0.6) is 0 Å². The Labute approximate surface area is 142 Å². The van der Waals surface area contributed by atoms with Crippen LogP contribution in [0.4, 0.5) is 5.69 Å². The number of carbonyl (C=O) groups is 2. The number of nitrogens with zero attached hydrogens (tertiary/aromatic N) is 2. The molecule has 1 N–H and O–H groups in total. The summed E-state index contributed by atoms with van der Waals surface area (Å²) in [6, 6.07) is 5.39. The topological polar surface area (TPSA) is 122 Å². The standard InChI is InChI=1S/C15H14ClN3O5/c1-15(8-17,9-2-3-9)18-13(20)7-24-14(21)11-6-10(19(22)23)4-5-12(11)16/h4-6,9H,2-3,7H2,1H3,(H,18,20)/t15-/m1/s1. The number of carbonyl (C=O) groups excluding carboxylic acids is 2. The van der Waals surface area contributed by atoms with Gasteiger partial charge in [-0.1, -0.05) is 11.6 Å². The molecule has 0 radical (unpaired) electrons. The fourth-order valence-corrected chi connectivity index (χ4v) is 2.39. The summed E-state index contributed by atoms with van der Waals surface area (Å²) in [5.74, 6) is -1.49. The van der Waals surface area contributed by atoms with Crippen molar-refractivity contribution in [3.05, 3.63) is 38.9 Å². The highest BCUT2D eigenvalue weighted by Gasteiger charge is 2.43. The molecule has 126 valence electrons. The number of nitro benzene ring substituents is 1. The molecule has 1 aromatic rings. The van der Waals surface area contributed by atoms with Gasteiger partial charge in [0.05, 0.1) is 21.6 Å².